The standard InChI is InChI=1S/C15H26N2O3/c1-6-15(11(18)19)7-8-17(9-15)12(20)16-10-13(2,3)14(10,4)5/h10H,6-9H2,1-5H3,(H,16,20)(H,18,19). The van der Waals surface area contributed by atoms with Crippen LogP contribution in [0.2, 0.25) is 0 Å². The average molecular weight is 282 g/mol. The number of nitrogens with zero attached hydrogens (tertiary/aromatic N) is 1. The smallest absolute Gasteiger partial charge is 0.317 e. The van der Waals surface area contributed by atoms with E-state index in [-0.39, 0.29) is 22.9 Å². The number of likely N-dealkylation sites (tertiary alicyclic amines) is 1. The van der Waals surface area contributed by atoms with E-state index in [0.717, 1.165) is 0 Å². The maximum atomic E-state index is 12.3. The maximum Gasteiger partial charge on any atom is 0.317 e. The number of urea groups is 1. The van der Waals surface area contributed by atoms with Gasteiger partial charge in [0.25, 0.3) is 0 Å². The van der Waals surface area contributed by atoms with Crippen LogP contribution < -0.4 is 5.32 Å². The summed E-state index contributed by atoms with van der Waals surface area (Å²) in [6, 6.07) is 0.0363. The first-order valence-electron chi connectivity index (χ1n) is 7.37. The lowest BCUT2D eigenvalue weighted by atomic mass is 9.84. The number of hydrogen-bond donors (Lipinski definition) is 2. The van der Waals surface area contributed by atoms with Crippen LogP contribution in [-0.2, 0) is 4.79 Å². The number of carboxylic acid groups (broad SMARTS) is 1. The van der Waals surface area contributed by atoms with Crippen molar-refractivity contribution in [3.05, 3.63) is 0 Å². The Morgan fingerprint density at radius 3 is 2.15 bits per heavy atom. The van der Waals surface area contributed by atoms with Gasteiger partial charge in [-0.1, -0.05) is 34.6 Å². The second kappa shape index (κ2) is 4.37. The Kier molecular flexibility index (Phi) is 3.30. The van der Waals surface area contributed by atoms with Crippen LogP contribution in [0.4, 0.5) is 4.79 Å². The van der Waals surface area contributed by atoms with Gasteiger partial charge in [-0.2, -0.15) is 0 Å². The highest BCUT2D eigenvalue weighted by Gasteiger charge is 2.65. The number of rotatable bonds is 3. The molecule has 2 N–H and O–H groups in total. The predicted molar refractivity (Wildman–Crippen MR) is 76.4 cm³/mol. The van der Waals surface area contributed by atoms with Crippen molar-refractivity contribution in [2.75, 3.05) is 13.1 Å². The molecule has 0 aromatic carbocycles. The number of amides is 2. The number of nitrogens with one attached hydrogen (secondary N) is 1. The van der Waals surface area contributed by atoms with Gasteiger partial charge in [-0.15, -0.1) is 0 Å². The lowest BCUT2D eigenvalue weighted by Crippen LogP contribution is -2.43. The van der Waals surface area contributed by atoms with Gasteiger partial charge in [0.05, 0.1) is 5.41 Å². The zero-order valence-corrected chi connectivity index (χ0v) is 13.1. The quantitative estimate of drug-likeness (QED) is 0.834. The van der Waals surface area contributed by atoms with Crippen LogP contribution in [0.3, 0.4) is 0 Å². The van der Waals surface area contributed by atoms with E-state index < -0.39 is 11.4 Å². The van der Waals surface area contributed by atoms with Crippen LogP contribution in [0.1, 0.15) is 47.5 Å². The molecule has 0 aromatic rings. The number of hydrogen-bond acceptors (Lipinski definition) is 2. The molecule has 1 aliphatic carbocycles. The first kappa shape index (κ1) is 15.1. The Morgan fingerprint density at radius 1 is 1.25 bits per heavy atom. The third-order valence-corrected chi connectivity index (χ3v) is 6.06. The van der Waals surface area contributed by atoms with Crippen LogP contribution in [-0.4, -0.2) is 41.1 Å². The van der Waals surface area contributed by atoms with Gasteiger partial charge >= 0.3 is 12.0 Å². The molecule has 2 fully saturated rings. The van der Waals surface area contributed by atoms with E-state index >= 15 is 0 Å². The molecule has 0 bridgehead atoms. The van der Waals surface area contributed by atoms with Crippen molar-refractivity contribution in [2.24, 2.45) is 16.2 Å². The molecule has 20 heavy (non-hydrogen) atoms. The van der Waals surface area contributed by atoms with Crippen molar-refractivity contribution in [1.29, 1.82) is 0 Å². The van der Waals surface area contributed by atoms with Crippen molar-refractivity contribution in [2.45, 2.75) is 53.5 Å². The number of aliphatic carboxylic acids is 1. The normalized spacial score (nSPS) is 31.1. The van der Waals surface area contributed by atoms with Crippen LogP contribution in [0, 0.1) is 16.2 Å². The van der Waals surface area contributed by atoms with Gasteiger partial charge in [0.2, 0.25) is 0 Å². The Balaban J connectivity index is 1.98. The van der Waals surface area contributed by atoms with Crippen LogP contribution in [0.15, 0.2) is 0 Å². The van der Waals surface area contributed by atoms with E-state index in [2.05, 4.69) is 33.0 Å². The van der Waals surface area contributed by atoms with E-state index in [0.29, 0.717) is 25.9 Å². The molecule has 0 aromatic heterocycles. The highest BCUT2D eigenvalue weighted by atomic mass is 16.4. The minimum absolute atomic E-state index is 0.0943. The van der Waals surface area contributed by atoms with Crippen molar-refractivity contribution in [3.8, 4) is 0 Å². The van der Waals surface area contributed by atoms with Crippen molar-refractivity contribution >= 4 is 12.0 Å². The highest BCUT2D eigenvalue weighted by Crippen LogP contribution is 2.62. The Morgan fingerprint density at radius 2 is 1.80 bits per heavy atom. The summed E-state index contributed by atoms with van der Waals surface area (Å²) in [5.41, 5.74) is -0.569. The van der Waals surface area contributed by atoms with E-state index in [1.54, 1.807) is 4.90 Å². The maximum absolute atomic E-state index is 12.3. The molecule has 2 amide bonds. The molecular weight excluding hydrogens is 256 g/mol. The molecule has 1 saturated heterocycles. The summed E-state index contributed by atoms with van der Waals surface area (Å²) in [6.45, 7) is 11.3. The molecule has 2 rings (SSSR count). The number of carbonyl (C=O) groups is 2. The van der Waals surface area contributed by atoms with Crippen LogP contribution >= 0.6 is 0 Å². The molecular formula is C15H26N2O3. The largest absolute Gasteiger partial charge is 0.481 e. The summed E-state index contributed by atoms with van der Waals surface area (Å²) in [5, 5.41) is 12.4. The van der Waals surface area contributed by atoms with Gasteiger partial charge in [0.15, 0.2) is 0 Å². The topological polar surface area (TPSA) is 69.6 Å². The summed E-state index contributed by atoms with van der Waals surface area (Å²) in [4.78, 5) is 25.4. The molecule has 0 radical (unpaired) electrons. The fourth-order valence-corrected chi connectivity index (χ4v) is 3.43. The fourth-order valence-electron chi connectivity index (χ4n) is 3.43. The Labute approximate surface area is 120 Å². The van der Waals surface area contributed by atoms with Crippen molar-refractivity contribution < 1.29 is 14.7 Å². The van der Waals surface area contributed by atoms with Gasteiger partial charge in [-0.3, -0.25) is 4.79 Å². The van der Waals surface area contributed by atoms with E-state index in [1.807, 2.05) is 6.92 Å². The van der Waals surface area contributed by atoms with Crippen LogP contribution in [0.25, 0.3) is 0 Å². The van der Waals surface area contributed by atoms with E-state index in [1.165, 1.54) is 0 Å². The fraction of sp³-hybridized carbons (Fsp3) is 0.867. The van der Waals surface area contributed by atoms with Gasteiger partial charge in [0, 0.05) is 19.1 Å². The molecule has 2 aliphatic rings. The molecule has 1 unspecified atom stereocenters. The summed E-state index contributed by atoms with van der Waals surface area (Å²) in [6.07, 6.45) is 1.11. The van der Waals surface area contributed by atoms with Gasteiger partial charge in [0.1, 0.15) is 0 Å². The molecule has 5 nitrogen and oxygen atoms in total. The third kappa shape index (κ3) is 1.98. The second-order valence-corrected chi connectivity index (χ2v) is 7.44. The first-order valence-corrected chi connectivity index (χ1v) is 7.37. The molecule has 114 valence electrons. The second-order valence-electron chi connectivity index (χ2n) is 7.44. The molecule has 1 heterocycles. The summed E-state index contributed by atoms with van der Waals surface area (Å²) < 4.78 is 0. The number of carbonyl (C=O) groups excluding carboxylic acids is 1. The van der Waals surface area contributed by atoms with E-state index in [4.69, 9.17) is 0 Å². The molecule has 5 heteroatoms. The van der Waals surface area contributed by atoms with E-state index in [9.17, 15) is 14.7 Å². The van der Waals surface area contributed by atoms with Gasteiger partial charge in [-0.25, -0.2) is 4.79 Å². The minimum Gasteiger partial charge on any atom is -0.481 e. The SMILES string of the molecule is CCC1(C(=O)O)CCN(C(=O)NC2C(C)(C)C2(C)C)C1. The lowest BCUT2D eigenvalue weighted by molar-refractivity contribution is -0.148. The van der Waals surface area contributed by atoms with Crippen molar-refractivity contribution in [3.63, 3.8) is 0 Å². The van der Waals surface area contributed by atoms with Gasteiger partial charge < -0.3 is 15.3 Å². The molecule has 1 atom stereocenters. The monoisotopic (exact) mass is 282 g/mol. The Hall–Kier alpha value is -1.26. The summed E-state index contributed by atoms with van der Waals surface area (Å²) in [5.74, 6) is -0.789. The molecule has 1 aliphatic heterocycles. The minimum atomic E-state index is -0.789. The van der Waals surface area contributed by atoms with Gasteiger partial charge in [-0.05, 0) is 23.7 Å². The zero-order chi connectivity index (χ0) is 15.3. The summed E-state index contributed by atoms with van der Waals surface area (Å²) >= 11 is 0. The number of carboxylic acids is 1. The highest BCUT2D eigenvalue weighted by molar-refractivity contribution is 5.80. The average Bonchev–Trinajstić information content (AvgIpc) is 2.76. The first-order chi connectivity index (χ1) is 9.08. The van der Waals surface area contributed by atoms with Crippen LogP contribution in [0.5, 0.6) is 0 Å². The zero-order valence-electron chi connectivity index (χ0n) is 13.1. The summed E-state index contributed by atoms with van der Waals surface area (Å²) in [7, 11) is 0. The molecule has 0 spiro atoms. The predicted octanol–water partition coefficient (Wildman–Crippen LogP) is 2.32. The molecule has 1 saturated carbocycles. The third-order valence-electron chi connectivity index (χ3n) is 6.06. The lowest BCUT2D eigenvalue weighted by Gasteiger charge is -2.23. The Bertz CT molecular complexity index is 430. The van der Waals surface area contributed by atoms with Crippen molar-refractivity contribution in [1.82, 2.24) is 10.2 Å².